The van der Waals surface area contributed by atoms with Crippen LogP contribution in [-0.4, -0.2) is 12.1 Å². The van der Waals surface area contributed by atoms with Gasteiger partial charge in [0, 0.05) is 12.8 Å². The predicted octanol–water partition coefficient (Wildman–Crippen LogP) is 1.50. The molecule has 0 aromatic carbocycles. The third-order valence-corrected chi connectivity index (χ3v) is 1.02. The Morgan fingerprint density at radius 2 is 2.08 bits per heavy atom. The summed E-state index contributed by atoms with van der Waals surface area (Å²) in [5.41, 5.74) is 0.935. The third kappa shape index (κ3) is 6.76. The summed E-state index contributed by atoms with van der Waals surface area (Å²) in [7, 11) is 0. The van der Waals surface area contributed by atoms with Crippen molar-refractivity contribution in [3.05, 3.63) is 11.6 Å². The summed E-state index contributed by atoms with van der Waals surface area (Å²) in [6.07, 6.45) is 3.13. The van der Waals surface area contributed by atoms with Gasteiger partial charge >= 0.3 is 0 Å². The van der Waals surface area contributed by atoms with E-state index in [1.165, 1.54) is 6.08 Å². The van der Waals surface area contributed by atoms with Crippen molar-refractivity contribution in [3.63, 3.8) is 0 Å². The van der Waals surface area contributed by atoms with E-state index in [0.29, 0.717) is 12.8 Å². The monoisotopic (exact) mass is 164 g/mol. The number of hydrogen-bond acceptors (Lipinski definition) is 2. The van der Waals surface area contributed by atoms with Crippen LogP contribution in [0.2, 0.25) is 0 Å². The number of ketones is 1. The molecule has 0 spiro atoms. The van der Waals surface area contributed by atoms with Gasteiger partial charge in [0.05, 0.1) is 0 Å². The Balaban J connectivity index is 3.88. The average molecular weight is 164 g/mol. The number of hydrogen-bond donors (Lipinski definition) is 0. The first-order valence-corrected chi connectivity index (χ1v) is 3.78. The normalized spacial score (nSPS) is 7.83. The van der Waals surface area contributed by atoms with Crippen molar-refractivity contribution in [2.24, 2.45) is 0 Å². The molecule has 2 nitrogen and oxygen atoms in total. The van der Waals surface area contributed by atoms with Gasteiger partial charge in [0.15, 0.2) is 0 Å². The van der Waals surface area contributed by atoms with Crippen molar-refractivity contribution >= 4 is 12.1 Å². The molecule has 0 saturated carbocycles. The van der Waals surface area contributed by atoms with Gasteiger partial charge in [-0.2, -0.15) is 0 Å². The maximum Gasteiger partial charge on any atom is 0.228 e. The second-order valence-electron chi connectivity index (χ2n) is 2.59. The Morgan fingerprint density at radius 3 is 2.58 bits per heavy atom. The Labute approximate surface area is 72.7 Å². The Kier molecular flexibility index (Phi) is 5.64. The summed E-state index contributed by atoms with van der Waals surface area (Å²) in [6, 6.07) is 0. The minimum Gasteiger partial charge on any atom is -0.303 e. The van der Waals surface area contributed by atoms with E-state index >= 15 is 0 Å². The number of aldehydes is 1. The van der Waals surface area contributed by atoms with Gasteiger partial charge in [0.1, 0.15) is 6.29 Å². The number of unbranched alkanes of at least 4 members (excludes halogenated alkanes) is 1. The molecule has 0 aliphatic rings. The van der Waals surface area contributed by atoms with Crippen molar-refractivity contribution in [3.8, 4) is 11.8 Å². The molecule has 0 fully saturated rings. The first-order valence-electron chi connectivity index (χ1n) is 3.78. The van der Waals surface area contributed by atoms with Crippen molar-refractivity contribution in [1.82, 2.24) is 0 Å². The molecule has 0 unspecified atom stereocenters. The molecule has 12 heavy (non-hydrogen) atoms. The van der Waals surface area contributed by atoms with Crippen molar-refractivity contribution in [2.45, 2.75) is 26.7 Å². The molecule has 0 aliphatic carbocycles. The first-order chi connectivity index (χ1) is 5.66. The van der Waals surface area contributed by atoms with Crippen LogP contribution in [0.3, 0.4) is 0 Å². The summed E-state index contributed by atoms with van der Waals surface area (Å²) >= 11 is 0. The van der Waals surface area contributed by atoms with Gasteiger partial charge in [-0.25, -0.2) is 0 Å². The molecule has 0 amide bonds. The Morgan fingerprint density at radius 1 is 1.42 bits per heavy atom. The molecule has 64 valence electrons. The molecule has 0 N–H and O–H groups in total. The second-order valence-corrected chi connectivity index (χ2v) is 2.59. The Bertz CT molecular complexity index is 247. The zero-order valence-electron chi connectivity index (χ0n) is 7.39. The van der Waals surface area contributed by atoms with Crippen LogP contribution in [0, 0.1) is 11.8 Å². The van der Waals surface area contributed by atoms with Gasteiger partial charge in [-0.1, -0.05) is 11.5 Å². The smallest absolute Gasteiger partial charge is 0.228 e. The SMILES string of the molecule is CC(C)=CC(=O)C#CCCC=O. The highest BCUT2D eigenvalue weighted by Gasteiger charge is 1.87. The highest BCUT2D eigenvalue weighted by molar-refractivity contribution is 6.04. The van der Waals surface area contributed by atoms with Crippen LogP contribution in [0.1, 0.15) is 26.7 Å². The van der Waals surface area contributed by atoms with Gasteiger partial charge in [0.2, 0.25) is 5.78 Å². The quantitative estimate of drug-likeness (QED) is 0.208. The fourth-order valence-electron chi connectivity index (χ4n) is 0.579. The number of allylic oxidation sites excluding steroid dienone is 2. The van der Waals surface area contributed by atoms with Gasteiger partial charge in [-0.15, -0.1) is 0 Å². The van der Waals surface area contributed by atoms with E-state index in [-0.39, 0.29) is 5.78 Å². The molecular formula is C10H12O2. The molecular weight excluding hydrogens is 152 g/mol. The maximum absolute atomic E-state index is 10.9. The van der Waals surface area contributed by atoms with E-state index in [0.717, 1.165) is 11.9 Å². The minimum atomic E-state index is -0.194. The predicted molar refractivity (Wildman–Crippen MR) is 47.5 cm³/mol. The van der Waals surface area contributed by atoms with Gasteiger partial charge in [-0.05, 0) is 25.8 Å². The molecule has 0 bridgehead atoms. The van der Waals surface area contributed by atoms with Crippen LogP contribution >= 0.6 is 0 Å². The van der Waals surface area contributed by atoms with Gasteiger partial charge < -0.3 is 4.79 Å². The summed E-state index contributed by atoms with van der Waals surface area (Å²) in [6.45, 7) is 3.68. The van der Waals surface area contributed by atoms with Crippen molar-refractivity contribution in [2.75, 3.05) is 0 Å². The lowest BCUT2D eigenvalue weighted by Crippen LogP contribution is -1.87. The number of rotatable bonds is 3. The molecule has 0 aromatic rings. The minimum absolute atomic E-state index is 0.194. The summed E-state index contributed by atoms with van der Waals surface area (Å²) in [5.74, 6) is 4.85. The van der Waals surface area contributed by atoms with Crippen LogP contribution in [0.15, 0.2) is 11.6 Å². The fraction of sp³-hybridized carbons (Fsp3) is 0.400. The largest absolute Gasteiger partial charge is 0.303 e. The molecule has 0 saturated heterocycles. The van der Waals surface area contributed by atoms with E-state index in [1.807, 2.05) is 13.8 Å². The van der Waals surface area contributed by atoms with E-state index < -0.39 is 0 Å². The summed E-state index contributed by atoms with van der Waals surface area (Å²) in [4.78, 5) is 20.7. The molecule has 0 heterocycles. The summed E-state index contributed by atoms with van der Waals surface area (Å²) < 4.78 is 0. The lowest BCUT2D eigenvalue weighted by molar-refractivity contribution is -0.110. The second kappa shape index (κ2) is 6.36. The molecule has 0 rings (SSSR count). The van der Waals surface area contributed by atoms with Crippen LogP contribution in [0.25, 0.3) is 0 Å². The van der Waals surface area contributed by atoms with Crippen LogP contribution < -0.4 is 0 Å². The first kappa shape index (κ1) is 10.6. The van der Waals surface area contributed by atoms with Crippen molar-refractivity contribution < 1.29 is 9.59 Å². The van der Waals surface area contributed by atoms with Gasteiger partial charge in [0.25, 0.3) is 0 Å². The third-order valence-electron chi connectivity index (χ3n) is 1.02. The zero-order valence-corrected chi connectivity index (χ0v) is 7.39. The highest BCUT2D eigenvalue weighted by Crippen LogP contribution is 1.88. The highest BCUT2D eigenvalue weighted by atomic mass is 16.1. The van der Waals surface area contributed by atoms with Crippen LogP contribution in [0.5, 0.6) is 0 Å². The topological polar surface area (TPSA) is 34.1 Å². The molecule has 0 atom stereocenters. The maximum atomic E-state index is 10.9. The molecule has 0 aromatic heterocycles. The standard InChI is InChI=1S/C10H12O2/c1-9(2)8-10(12)6-4-3-5-7-11/h7-8H,3,5H2,1-2H3. The zero-order chi connectivity index (χ0) is 9.40. The Hall–Kier alpha value is -1.36. The lowest BCUT2D eigenvalue weighted by atomic mass is 10.2. The average Bonchev–Trinajstić information content (AvgIpc) is 1.97. The lowest BCUT2D eigenvalue weighted by Gasteiger charge is -1.82. The molecule has 0 radical (unpaired) electrons. The van der Waals surface area contributed by atoms with Gasteiger partial charge in [-0.3, -0.25) is 4.79 Å². The van der Waals surface area contributed by atoms with Crippen molar-refractivity contribution in [1.29, 1.82) is 0 Å². The molecule has 0 aliphatic heterocycles. The number of carbonyl (C=O) groups excluding carboxylic acids is 2. The fourth-order valence-corrected chi connectivity index (χ4v) is 0.579. The summed E-state index contributed by atoms with van der Waals surface area (Å²) in [5, 5.41) is 0. The van der Waals surface area contributed by atoms with Crippen LogP contribution in [-0.2, 0) is 9.59 Å². The van der Waals surface area contributed by atoms with Crippen LogP contribution in [0.4, 0.5) is 0 Å². The van der Waals surface area contributed by atoms with E-state index in [9.17, 15) is 9.59 Å². The number of carbonyl (C=O) groups is 2. The van der Waals surface area contributed by atoms with E-state index in [4.69, 9.17) is 0 Å². The van der Waals surface area contributed by atoms with E-state index in [1.54, 1.807) is 0 Å². The van der Waals surface area contributed by atoms with E-state index in [2.05, 4.69) is 11.8 Å². The molecule has 2 heteroatoms.